The summed E-state index contributed by atoms with van der Waals surface area (Å²) in [5.74, 6) is -1.08. The molecule has 0 aliphatic heterocycles. The monoisotopic (exact) mass is 159 g/mol. The first-order valence-corrected chi connectivity index (χ1v) is 3.48. The fourth-order valence-corrected chi connectivity index (χ4v) is 0.650. The number of ether oxygens (including phenoxy) is 1. The molecule has 0 aliphatic carbocycles. The van der Waals surface area contributed by atoms with Gasteiger partial charge in [-0.15, -0.1) is 0 Å². The number of primary amides is 1. The quantitative estimate of drug-likeness (QED) is 0.468. The standard InChI is InChI=1S/C7H13NO3/c1-3-5(11-4-2)6(9)7(8)10/h9H,3-4H2,1-2H3,(H2,8,10)/b6-5-. The van der Waals surface area contributed by atoms with Crippen molar-refractivity contribution in [2.75, 3.05) is 6.61 Å². The number of hydrogen-bond donors (Lipinski definition) is 2. The summed E-state index contributed by atoms with van der Waals surface area (Å²) in [4.78, 5) is 10.4. The van der Waals surface area contributed by atoms with Crippen LogP contribution in [0.4, 0.5) is 0 Å². The SMILES string of the molecule is CCO/C(CC)=C(\O)C(N)=O. The molecule has 0 bridgehead atoms. The highest BCUT2D eigenvalue weighted by molar-refractivity contribution is 5.89. The third kappa shape index (κ3) is 2.93. The van der Waals surface area contributed by atoms with Crippen molar-refractivity contribution in [2.45, 2.75) is 20.3 Å². The molecule has 0 fully saturated rings. The van der Waals surface area contributed by atoms with Crippen molar-refractivity contribution in [1.82, 2.24) is 0 Å². The number of nitrogens with two attached hydrogens (primary N) is 1. The minimum Gasteiger partial charge on any atom is -0.501 e. The third-order valence-electron chi connectivity index (χ3n) is 1.14. The van der Waals surface area contributed by atoms with E-state index in [0.717, 1.165) is 0 Å². The van der Waals surface area contributed by atoms with E-state index >= 15 is 0 Å². The summed E-state index contributed by atoms with van der Waals surface area (Å²) in [5, 5.41) is 9.00. The maximum atomic E-state index is 10.4. The molecule has 0 heterocycles. The van der Waals surface area contributed by atoms with E-state index in [2.05, 4.69) is 0 Å². The maximum absolute atomic E-state index is 10.4. The molecule has 0 saturated heterocycles. The Morgan fingerprint density at radius 2 is 2.09 bits per heavy atom. The highest BCUT2D eigenvalue weighted by atomic mass is 16.5. The molecule has 0 rings (SSSR count). The highest BCUT2D eigenvalue weighted by Crippen LogP contribution is 2.06. The molecular formula is C7H13NO3. The van der Waals surface area contributed by atoms with Crippen molar-refractivity contribution in [3.8, 4) is 0 Å². The van der Waals surface area contributed by atoms with Crippen LogP contribution in [-0.4, -0.2) is 17.6 Å². The second-order valence-electron chi connectivity index (χ2n) is 1.92. The molecule has 0 saturated carbocycles. The maximum Gasteiger partial charge on any atom is 0.287 e. The Bertz CT molecular complexity index is 175. The predicted octanol–water partition coefficient (Wildman–Crippen LogP) is 0.688. The Morgan fingerprint density at radius 1 is 1.55 bits per heavy atom. The van der Waals surface area contributed by atoms with E-state index in [-0.39, 0.29) is 5.76 Å². The van der Waals surface area contributed by atoms with Crippen molar-refractivity contribution < 1.29 is 14.6 Å². The van der Waals surface area contributed by atoms with E-state index in [1.54, 1.807) is 13.8 Å². The Kier molecular flexibility index (Phi) is 4.10. The molecule has 0 atom stereocenters. The molecule has 11 heavy (non-hydrogen) atoms. The summed E-state index contributed by atoms with van der Waals surface area (Å²) in [7, 11) is 0. The smallest absolute Gasteiger partial charge is 0.287 e. The Labute approximate surface area is 65.6 Å². The molecule has 0 unspecified atom stereocenters. The van der Waals surface area contributed by atoms with Crippen LogP contribution in [0.5, 0.6) is 0 Å². The van der Waals surface area contributed by atoms with Crippen LogP contribution < -0.4 is 5.73 Å². The molecule has 0 spiro atoms. The van der Waals surface area contributed by atoms with Gasteiger partial charge < -0.3 is 15.6 Å². The van der Waals surface area contributed by atoms with E-state index in [4.69, 9.17) is 15.6 Å². The van der Waals surface area contributed by atoms with E-state index in [1.165, 1.54) is 0 Å². The fourth-order valence-electron chi connectivity index (χ4n) is 0.650. The number of amides is 1. The van der Waals surface area contributed by atoms with E-state index in [9.17, 15) is 4.79 Å². The van der Waals surface area contributed by atoms with Gasteiger partial charge in [0.25, 0.3) is 5.91 Å². The van der Waals surface area contributed by atoms with Gasteiger partial charge in [0, 0.05) is 6.42 Å². The zero-order valence-corrected chi connectivity index (χ0v) is 6.76. The van der Waals surface area contributed by atoms with Gasteiger partial charge in [-0.2, -0.15) is 0 Å². The summed E-state index contributed by atoms with van der Waals surface area (Å²) in [6.07, 6.45) is 0.461. The summed E-state index contributed by atoms with van der Waals surface area (Å²) >= 11 is 0. The van der Waals surface area contributed by atoms with E-state index in [1.807, 2.05) is 0 Å². The van der Waals surface area contributed by atoms with Gasteiger partial charge in [0.1, 0.15) is 5.76 Å². The molecule has 0 radical (unpaired) electrons. The summed E-state index contributed by atoms with van der Waals surface area (Å²) in [6.45, 7) is 3.95. The Balaban J connectivity index is 4.39. The lowest BCUT2D eigenvalue weighted by Crippen LogP contribution is -2.16. The Hall–Kier alpha value is -1.19. The van der Waals surface area contributed by atoms with Crippen LogP contribution in [0.25, 0.3) is 0 Å². The number of rotatable bonds is 4. The van der Waals surface area contributed by atoms with Crippen molar-refractivity contribution in [3.05, 3.63) is 11.5 Å². The van der Waals surface area contributed by atoms with Crippen LogP contribution in [-0.2, 0) is 9.53 Å². The van der Waals surface area contributed by atoms with Crippen LogP contribution in [0, 0.1) is 0 Å². The summed E-state index contributed by atoms with van der Waals surface area (Å²) in [6, 6.07) is 0. The van der Waals surface area contributed by atoms with Crippen LogP contribution in [0.1, 0.15) is 20.3 Å². The minimum atomic E-state index is -0.852. The molecule has 4 nitrogen and oxygen atoms in total. The van der Waals surface area contributed by atoms with Gasteiger partial charge in [0.05, 0.1) is 6.61 Å². The lowest BCUT2D eigenvalue weighted by atomic mass is 10.3. The lowest BCUT2D eigenvalue weighted by molar-refractivity contribution is -0.117. The summed E-state index contributed by atoms with van der Waals surface area (Å²) in [5.41, 5.74) is 4.82. The molecule has 1 amide bonds. The first kappa shape index (κ1) is 9.81. The first-order chi connectivity index (χ1) is 5.13. The molecule has 3 N–H and O–H groups in total. The average molecular weight is 159 g/mol. The molecule has 64 valence electrons. The van der Waals surface area contributed by atoms with Crippen LogP contribution >= 0.6 is 0 Å². The van der Waals surface area contributed by atoms with Gasteiger partial charge in [-0.1, -0.05) is 6.92 Å². The zero-order chi connectivity index (χ0) is 8.85. The first-order valence-electron chi connectivity index (χ1n) is 3.48. The van der Waals surface area contributed by atoms with Gasteiger partial charge in [-0.05, 0) is 6.92 Å². The zero-order valence-electron chi connectivity index (χ0n) is 6.76. The lowest BCUT2D eigenvalue weighted by Gasteiger charge is -2.06. The number of allylic oxidation sites excluding steroid dienone is 1. The number of carbonyl (C=O) groups is 1. The summed E-state index contributed by atoms with van der Waals surface area (Å²) < 4.78 is 4.94. The van der Waals surface area contributed by atoms with Crippen LogP contribution in [0.2, 0.25) is 0 Å². The van der Waals surface area contributed by atoms with Gasteiger partial charge in [-0.3, -0.25) is 4.79 Å². The Morgan fingerprint density at radius 3 is 2.36 bits per heavy atom. The van der Waals surface area contributed by atoms with Gasteiger partial charge >= 0.3 is 0 Å². The van der Waals surface area contributed by atoms with Gasteiger partial charge in [0.2, 0.25) is 5.76 Å². The average Bonchev–Trinajstić information content (AvgIpc) is 1.98. The van der Waals surface area contributed by atoms with Crippen molar-refractivity contribution in [3.63, 3.8) is 0 Å². The van der Waals surface area contributed by atoms with Crippen molar-refractivity contribution in [2.24, 2.45) is 5.73 Å². The number of hydrogen-bond acceptors (Lipinski definition) is 3. The van der Waals surface area contributed by atoms with Crippen LogP contribution in [0.15, 0.2) is 11.5 Å². The second kappa shape index (κ2) is 4.60. The molecule has 0 aliphatic rings. The fraction of sp³-hybridized carbons (Fsp3) is 0.571. The highest BCUT2D eigenvalue weighted by Gasteiger charge is 2.09. The number of aliphatic hydroxyl groups excluding tert-OH is 1. The molecule has 0 aromatic carbocycles. The topological polar surface area (TPSA) is 72.6 Å². The molecule has 0 aromatic rings. The van der Waals surface area contributed by atoms with Gasteiger partial charge in [0.15, 0.2) is 0 Å². The number of carbonyl (C=O) groups excluding carboxylic acids is 1. The minimum absolute atomic E-state index is 0.250. The van der Waals surface area contributed by atoms with Crippen molar-refractivity contribution in [1.29, 1.82) is 0 Å². The number of aliphatic hydroxyl groups is 1. The second-order valence-corrected chi connectivity index (χ2v) is 1.92. The third-order valence-corrected chi connectivity index (χ3v) is 1.14. The largest absolute Gasteiger partial charge is 0.501 e. The normalized spacial score (nSPS) is 12.2. The molecular weight excluding hydrogens is 146 g/mol. The van der Waals surface area contributed by atoms with E-state index < -0.39 is 11.7 Å². The van der Waals surface area contributed by atoms with E-state index in [0.29, 0.717) is 13.0 Å². The van der Waals surface area contributed by atoms with Crippen LogP contribution in [0.3, 0.4) is 0 Å². The van der Waals surface area contributed by atoms with Gasteiger partial charge in [-0.25, -0.2) is 0 Å². The van der Waals surface area contributed by atoms with Crippen molar-refractivity contribution >= 4 is 5.91 Å². The molecule has 0 aromatic heterocycles. The predicted molar refractivity (Wildman–Crippen MR) is 40.8 cm³/mol. The molecule has 4 heteroatoms.